The van der Waals surface area contributed by atoms with Gasteiger partial charge in [-0.05, 0) is 17.7 Å². The van der Waals surface area contributed by atoms with E-state index in [1.807, 2.05) is 60.7 Å². The summed E-state index contributed by atoms with van der Waals surface area (Å²) in [5.74, 6) is 0.524. The fourth-order valence-electron chi connectivity index (χ4n) is 3.07. The summed E-state index contributed by atoms with van der Waals surface area (Å²) in [6, 6.07) is 26.2. The van der Waals surface area contributed by atoms with E-state index in [1.165, 1.54) is 7.11 Å². The fraction of sp³-hybridized carbons (Fsp3) is 0.167. The minimum atomic E-state index is -1.57. The van der Waals surface area contributed by atoms with E-state index in [-0.39, 0.29) is 6.42 Å². The molecule has 29 heavy (non-hydrogen) atoms. The number of hydrogen-bond acceptors (Lipinski definition) is 3. The van der Waals surface area contributed by atoms with Crippen LogP contribution in [0.2, 0.25) is 5.02 Å². The van der Waals surface area contributed by atoms with Crippen LogP contribution in [0.4, 0.5) is 4.39 Å². The quantitative estimate of drug-likeness (QED) is 0.475. The third-order valence-electron chi connectivity index (χ3n) is 4.56. The maximum Gasteiger partial charge on any atom is 0.179 e. The van der Waals surface area contributed by atoms with Crippen molar-refractivity contribution in [3.8, 4) is 11.8 Å². The summed E-state index contributed by atoms with van der Waals surface area (Å²) < 4.78 is 19.4. The van der Waals surface area contributed by atoms with Gasteiger partial charge in [0.25, 0.3) is 0 Å². The molecule has 0 heterocycles. The van der Waals surface area contributed by atoms with Gasteiger partial charge in [-0.15, -0.1) is 0 Å². The van der Waals surface area contributed by atoms with Crippen molar-refractivity contribution in [2.45, 2.75) is 12.0 Å². The SMILES string of the molecule is COc1ccc(CC(C#N)(CF)N=C(c2ccccc2)c2ccccc2)cc1Cl. The second kappa shape index (κ2) is 9.36. The van der Waals surface area contributed by atoms with Crippen molar-refractivity contribution in [3.05, 3.63) is 101 Å². The molecule has 0 radical (unpaired) electrons. The van der Waals surface area contributed by atoms with Crippen LogP contribution in [0.5, 0.6) is 5.75 Å². The number of hydrogen-bond donors (Lipinski definition) is 0. The third-order valence-corrected chi connectivity index (χ3v) is 4.86. The fourth-order valence-corrected chi connectivity index (χ4v) is 3.35. The van der Waals surface area contributed by atoms with Crippen molar-refractivity contribution in [3.63, 3.8) is 0 Å². The summed E-state index contributed by atoms with van der Waals surface area (Å²) in [7, 11) is 1.53. The Morgan fingerprint density at radius 2 is 1.62 bits per heavy atom. The van der Waals surface area contributed by atoms with E-state index in [2.05, 4.69) is 11.1 Å². The van der Waals surface area contributed by atoms with Crippen molar-refractivity contribution < 1.29 is 9.13 Å². The van der Waals surface area contributed by atoms with Crippen LogP contribution in [0, 0.1) is 11.3 Å². The van der Waals surface area contributed by atoms with E-state index in [9.17, 15) is 9.65 Å². The highest BCUT2D eigenvalue weighted by Gasteiger charge is 2.31. The Morgan fingerprint density at radius 3 is 2.07 bits per heavy atom. The average Bonchev–Trinajstić information content (AvgIpc) is 2.78. The normalized spacial score (nSPS) is 12.5. The zero-order chi connectivity index (χ0) is 20.7. The molecule has 0 amide bonds. The van der Waals surface area contributed by atoms with E-state index in [4.69, 9.17) is 16.3 Å². The number of nitriles is 1. The molecule has 3 rings (SSSR count). The second-order valence-electron chi connectivity index (χ2n) is 6.62. The number of alkyl halides is 1. The summed E-state index contributed by atoms with van der Waals surface area (Å²) in [6.07, 6.45) is 0.0902. The molecule has 5 heteroatoms. The highest BCUT2D eigenvalue weighted by molar-refractivity contribution is 6.32. The van der Waals surface area contributed by atoms with Crippen LogP contribution in [0.3, 0.4) is 0 Å². The Labute approximate surface area is 175 Å². The predicted molar refractivity (Wildman–Crippen MR) is 115 cm³/mol. The van der Waals surface area contributed by atoms with Crippen LogP contribution >= 0.6 is 11.6 Å². The molecule has 0 saturated heterocycles. The van der Waals surface area contributed by atoms with E-state index in [0.717, 1.165) is 11.1 Å². The zero-order valence-electron chi connectivity index (χ0n) is 16.0. The van der Waals surface area contributed by atoms with Gasteiger partial charge in [-0.1, -0.05) is 78.3 Å². The summed E-state index contributed by atoms with van der Waals surface area (Å²) >= 11 is 6.20. The minimum Gasteiger partial charge on any atom is -0.495 e. The molecule has 0 aliphatic heterocycles. The first-order valence-corrected chi connectivity index (χ1v) is 9.49. The summed E-state index contributed by atoms with van der Waals surface area (Å²) in [5, 5.41) is 10.3. The number of nitrogens with zero attached hydrogens (tertiary/aromatic N) is 2. The number of ether oxygens (including phenoxy) is 1. The van der Waals surface area contributed by atoms with Gasteiger partial charge in [0.2, 0.25) is 0 Å². The molecule has 0 bridgehead atoms. The van der Waals surface area contributed by atoms with Crippen LogP contribution in [-0.2, 0) is 6.42 Å². The second-order valence-corrected chi connectivity index (χ2v) is 7.02. The molecule has 0 aliphatic rings. The number of benzene rings is 3. The predicted octanol–water partition coefficient (Wildman–Crippen LogP) is 5.66. The molecule has 1 atom stereocenters. The van der Waals surface area contributed by atoms with Gasteiger partial charge in [-0.2, -0.15) is 5.26 Å². The lowest BCUT2D eigenvalue weighted by molar-refractivity contribution is 0.368. The van der Waals surface area contributed by atoms with Crippen molar-refractivity contribution in [2.75, 3.05) is 13.8 Å². The molecule has 1 unspecified atom stereocenters. The van der Waals surface area contributed by atoms with Gasteiger partial charge in [0, 0.05) is 17.5 Å². The van der Waals surface area contributed by atoms with E-state index in [0.29, 0.717) is 22.0 Å². The molecule has 0 spiro atoms. The van der Waals surface area contributed by atoms with Gasteiger partial charge >= 0.3 is 0 Å². The smallest absolute Gasteiger partial charge is 0.179 e. The van der Waals surface area contributed by atoms with Crippen LogP contribution in [0.1, 0.15) is 16.7 Å². The Balaban J connectivity index is 2.08. The Morgan fingerprint density at radius 1 is 1.03 bits per heavy atom. The summed E-state index contributed by atoms with van der Waals surface area (Å²) in [5.41, 5.74) is 1.35. The van der Waals surface area contributed by atoms with Crippen LogP contribution in [-0.4, -0.2) is 25.0 Å². The molecule has 0 saturated carbocycles. The number of aliphatic imine (C=N–C) groups is 1. The minimum absolute atomic E-state index is 0.0902. The first-order valence-electron chi connectivity index (χ1n) is 9.11. The average molecular weight is 407 g/mol. The topological polar surface area (TPSA) is 45.4 Å². The van der Waals surface area contributed by atoms with Gasteiger partial charge in [0.05, 0.1) is 23.9 Å². The van der Waals surface area contributed by atoms with Gasteiger partial charge in [0.15, 0.2) is 5.54 Å². The molecular formula is C24H20ClFN2O. The maximum absolute atomic E-state index is 14.2. The zero-order valence-corrected chi connectivity index (χ0v) is 16.7. The number of rotatable bonds is 7. The van der Waals surface area contributed by atoms with Gasteiger partial charge in [-0.3, -0.25) is 4.99 Å². The van der Waals surface area contributed by atoms with Crippen molar-refractivity contribution >= 4 is 17.3 Å². The highest BCUT2D eigenvalue weighted by Crippen LogP contribution is 2.28. The Bertz CT molecular complexity index is 990. The largest absolute Gasteiger partial charge is 0.495 e. The molecule has 146 valence electrons. The molecule has 3 aromatic carbocycles. The maximum atomic E-state index is 14.2. The molecule has 0 N–H and O–H groups in total. The van der Waals surface area contributed by atoms with Gasteiger partial charge in [-0.25, -0.2) is 4.39 Å². The number of halogens is 2. The monoisotopic (exact) mass is 406 g/mol. The summed E-state index contributed by atoms with van der Waals surface area (Å²) in [6.45, 7) is -0.920. The summed E-state index contributed by atoms with van der Waals surface area (Å²) in [4.78, 5) is 4.66. The Hall–Kier alpha value is -3.16. The Kier molecular flexibility index (Phi) is 6.64. The lowest BCUT2D eigenvalue weighted by Crippen LogP contribution is -2.32. The molecular weight excluding hydrogens is 387 g/mol. The van der Waals surface area contributed by atoms with Crippen molar-refractivity contribution in [1.82, 2.24) is 0 Å². The van der Waals surface area contributed by atoms with Crippen LogP contribution < -0.4 is 4.74 Å². The molecule has 0 aliphatic carbocycles. The van der Waals surface area contributed by atoms with Crippen molar-refractivity contribution in [2.24, 2.45) is 4.99 Å². The van der Waals surface area contributed by atoms with E-state index in [1.54, 1.807) is 18.2 Å². The lowest BCUT2D eigenvalue weighted by Gasteiger charge is -2.22. The molecule has 0 fully saturated rings. The first-order chi connectivity index (χ1) is 14.1. The van der Waals surface area contributed by atoms with Crippen molar-refractivity contribution in [1.29, 1.82) is 5.26 Å². The molecule has 3 aromatic rings. The van der Waals surface area contributed by atoms with E-state index >= 15 is 0 Å². The number of methoxy groups -OCH3 is 1. The van der Waals surface area contributed by atoms with Gasteiger partial charge < -0.3 is 4.74 Å². The standard InChI is InChI=1S/C24H20ClFN2O/c1-29-22-13-12-18(14-21(22)25)15-24(16-26,17-27)28-23(19-8-4-2-5-9-19)20-10-6-3-7-11-20/h2-14H,15-16H2,1H3. The highest BCUT2D eigenvalue weighted by atomic mass is 35.5. The molecule has 0 aromatic heterocycles. The first kappa shape index (κ1) is 20.6. The van der Waals surface area contributed by atoms with Crippen LogP contribution in [0.25, 0.3) is 0 Å². The van der Waals surface area contributed by atoms with Crippen LogP contribution in [0.15, 0.2) is 83.9 Å². The van der Waals surface area contributed by atoms with Gasteiger partial charge in [0.1, 0.15) is 12.4 Å². The van der Waals surface area contributed by atoms with E-state index < -0.39 is 12.2 Å². The molecule has 3 nitrogen and oxygen atoms in total. The lowest BCUT2D eigenvalue weighted by atomic mass is 9.92. The third kappa shape index (κ3) is 4.82.